The highest BCUT2D eigenvalue weighted by Crippen LogP contribution is 2.28. The minimum absolute atomic E-state index is 0.269. The number of rotatable bonds is 6. The second kappa shape index (κ2) is 8.15. The molecule has 2 aromatic carbocycles. The van der Waals surface area contributed by atoms with Gasteiger partial charge in [0.05, 0.1) is 11.6 Å². The fraction of sp³-hybridized carbons (Fsp3) is 0.111. The number of ketones is 1. The first-order valence-electron chi connectivity index (χ1n) is 7.01. The molecular formula is C18H15ClO4. The lowest BCUT2D eigenvalue weighted by molar-refractivity contribution is -0.137. The monoisotopic (exact) mass is 330 g/mol. The van der Waals surface area contributed by atoms with Crippen LogP contribution in [0.3, 0.4) is 0 Å². The normalized spacial score (nSPS) is 10.5. The minimum Gasteiger partial charge on any atom is -0.463 e. The molecule has 0 aliphatic carbocycles. The van der Waals surface area contributed by atoms with E-state index in [0.29, 0.717) is 22.1 Å². The lowest BCUT2D eigenvalue weighted by Crippen LogP contribution is -2.01. The van der Waals surface area contributed by atoms with Gasteiger partial charge in [0.25, 0.3) is 0 Å². The van der Waals surface area contributed by atoms with Crippen LogP contribution >= 0.6 is 11.6 Å². The summed E-state index contributed by atoms with van der Waals surface area (Å²) >= 11 is 6.02. The van der Waals surface area contributed by atoms with Crippen molar-refractivity contribution in [2.24, 2.45) is 0 Å². The molecule has 0 heterocycles. The Morgan fingerprint density at radius 1 is 1.04 bits per heavy atom. The number of carbonyl (C=O) groups is 2. The van der Waals surface area contributed by atoms with Crippen LogP contribution in [-0.2, 0) is 9.53 Å². The van der Waals surface area contributed by atoms with Gasteiger partial charge in [0, 0.05) is 11.6 Å². The van der Waals surface area contributed by atoms with Gasteiger partial charge in [-0.3, -0.25) is 4.79 Å². The third kappa shape index (κ3) is 4.97. The molecule has 0 unspecified atom stereocenters. The fourth-order valence-electron chi connectivity index (χ4n) is 1.77. The van der Waals surface area contributed by atoms with Crippen molar-refractivity contribution in [1.82, 2.24) is 0 Å². The van der Waals surface area contributed by atoms with Crippen LogP contribution in [0.2, 0.25) is 5.02 Å². The first-order chi connectivity index (χ1) is 11.1. The van der Waals surface area contributed by atoms with Gasteiger partial charge in [-0.15, -0.1) is 0 Å². The molecule has 5 heteroatoms. The average molecular weight is 331 g/mol. The first kappa shape index (κ1) is 16.8. The van der Waals surface area contributed by atoms with E-state index in [4.69, 9.17) is 21.1 Å². The van der Waals surface area contributed by atoms with Gasteiger partial charge in [-0.2, -0.15) is 0 Å². The first-order valence-corrected chi connectivity index (χ1v) is 7.39. The second-order valence-electron chi connectivity index (χ2n) is 4.51. The summed E-state index contributed by atoms with van der Waals surface area (Å²) in [6.45, 7) is 1.97. The molecule has 2 aromatic rings. The maximum absolute atomic E-state index is 11.9. The van der Waals surface area contributed by atoms with E-state index >= 15 is 0 Å². The van der Waals surface area contributed by atoms with E-state index in [1.807, 2.05) is 12.1 Å². The third-order valence-corrected chi connectivity index (χ3v) is 3.17. The molecule has 0 atom stereocenters. The molecule has 0 radical (unpaired) electrons. The Bertz CT molecular complexity index is 720. The van der Waals surface area contributed by atoms with E-state index < -0.39 is 5.97 Å². The molecule has 0 aromatic heterocycles. The number of allylic oxidation sites excluding steroid dienone is 1. The maximum atomic E-state index is 11.9. The summed E-state index contributed by atoms with van der Waals surface area (Å²) < 4.78 is 10.4. The maximum Gasteiger partial charge on any atom is 0.330 e. The van der Waals surface area contributed by atoms with Crippen molar-refractivity contribution in [3.05, 3.63) is 71.3 Å². The Kier molecular flexibility index (Phi) is 5.94. The van der Waals surface area contributed by atoms with E-state index in [1.165, 1.54) is 6.08 Å². The molecule has 0 aliphatic heterocycles. The highest BCUT2D eigenvalue weighted by molar-refractivity contribution is 6.32. The molecule has 0 bridgehead atoms. The summed E-state index contributed by atoms with van der Waals surface area (Å²) in [6, 6.07) is 13.7. The van der Waals surface area contributed by atoms with Gasteiger partial charge in [0.1, 0.15) is 11.5 Å². The topological polar surface area (TPSA) is 52.6 Å². The molecule has 0 saturated heterocycles. The van der Waals surface area contributed by atoms with E-state index in [0.717, 1.165) is 6.08 Å². The number of ether oxygens (including phenoxy) is 2. The summed E-state index contributed by atoms with van der Waals surface area (Å²) in [7, 11) is 0. The lowest BCUT2D eigenvalue weighted by Gasteiger charge is -2.07. The quantitative estimate of drug-likeness (QED) is 0.446. The van der Waals surface area contributed by atoms with Crippen molar-refractivity contribution < 1.29 is 19.1 Å². The van der Waals surface area contributed by atoms with Crippen molar-refractivity contribution in [1.29, 1.82) is 0 Å². The molecule has 118 valence electrons. The largest absolute Gasteiger partial charge is 0.463 e. The van der Waals surface area contributed by atoms with Crippen LogP contribution in [0.1, 0.15) is 17.3 Å². The number of benzene rings is 2. The highest BCUT2D eigenvalue weighted by Gasteiger charge is 2.05. The molecule has 4 nitrogen and oxygen atoms in total. The number of hydrogen-bond donors (Lipinski definition) is 0. The predicted octanol–water partition coefficient (Wildman–Crippen LogP) is 4.43. The Morgan fingerprint density at radius 2 is 1.74 bits per heavy atom. The standard InChI is InChI=1S/C18H15ClO4/c1-2-22-18(21)12-11-16(20)13-7-9-14(10-8-13)23-17-6-4-3-5-15(17)19/h3-12H,2H2,1H3. The molecule has 0 spiro atoms. The summed E-state index contributed by atoms with van der Waals surface area (Å²) in [5.41, 5.74) is 0.442. The van der Waals surface area contributed by atoms with E-state index in [9.17, 15) is 9.59 Å². The SMILES string of the molecule is CCOC(=O)C=CC(=O)c1ccc(Oc2ccccc2Cl)cc1. The van der Waals surface area contributed by atoms with Crippen molar-refractivity contribution >= 4 is 23.4 Å². The molecule has 0 saturated carbocycles. The van der Waals surface area contributed by atoms with Gasteiger partial charge < -0.3 is 9.47 Å². The van der Waals surface area contributed by atoms with Gasteiger partial charge >= 0.3 is 5.97 Å². The summed E-state index contributed by atoms with van der Waals surface area (Å²) in [6.07, 6.45) is 2.29. The van der Waals surface area contributed by atoms with Crippen molar-refractivity contribution in [2.45, 2.75) is 6.92 Å². The molecule has 0 aliphatic rings. The van der Waals surface area contributed by atoms with Crippen LogP contribution in [0.4, 0.5) is 0 Å². The predicted molar refractivity (Wildman–Crippen MR) is 88.1 cm³/mol. The van der Waals surface area contributed by atoms with Crippen molar-refractivity contribution in [2.75, 3.05) is 6.61 Å². The zero-order valence-electron chi connectivity index (χ0n) is 12.5. The number of halogens is 1. The van der Waals surface area contributed by atoms with Gasteiger partial charge in [-0.05, 0) is 49.4 Å². The zero-order chi connectivity index (χ0) is 16.7. The minimum atomic E-state index is -0.542. The number of esters is 1. The van der Waals surface area contributed by atoms with Crippen LogP contribution in [0.5, 0.6) is 11.5 Å². The molecule has 23 heavy (non-hydrogen) atoms. The van der Waals surface area contributed by atoms with Crippen LogP contribution in [0, 0.1) is 0 Å². The number of para-hydroxylation sites is 1. The Morgan fingerprint density at radius 3 is 2.39 bits per heavy atom. The van der Waals surface area contributed by atoms with Crippen molar-refractivity contribution in [3.8, 4) is 11.5 Å². The lowest BCUT2D eigenvalue weighted by atomic mass is 10.1. The van der Waals surface area contributed by atoms with E-state index in [1.54, 1.807) is 43.3 Å². The second-order valence-corrected chi connectivity index (χ2v) is 4.91. The third-order valence-electron chi connectivity index (χ3n) is 2.86. The summed E-state index contributed by atoms with van der Waals surface area (Å²) in [5.74, 6) is 0.265. The smallest absolute Gasteiger partial charge is 0.330 e. The van der Waals surface area contributed by atoms with Crippen LogP contribution in [0.15, 0.2) is 60.7 Å². The molecule has 0 N–H and O–H groups in total. The van der Waals surface area contributed by atoms with E-state index in [2.05, 4.69) is 0 Å². The summed E-state index contributed by atoms with van der Waals surface area (Å²) in [4.78, 5) is 23.1. The zero-order valence-corrected chi connectivity index (χ0v) is 13.2. The molecule has 0 amide bonds. The number of carbonyl (C=O) groups excluding carboxylic acids is 2. The highest BCUT2D eigenvalue weighted by atomic mass is 35.5. The van der Waals surface area contributed by atoms with Gasteiger partial charge in [0.15, 0.2) is 5.78 Å². The van der Waals surface area contributed by atoms with Gasteiger partial charge in [-0.1, -0.05) is 23.7 Å². The van der Waals surface area contributed by atoms with Crippen LogP contribution in [-0.4, -0.2) is 18.4 Å². The average Bonchev–Trinajstić information content (AvgIpc) is 2.56. The Labute approximate surface area is 139 Å². The van der Waals surface area contributed by atoms with Crippen LogP contribution in [0.25, 0.3) is 0 Å². The molecule has 2 rings (SSSR count). The molecule has 0 fully saturated rings. The van der Waals surface area contributed by atoms with Crippen molar-refractivity contribution in [3.63, 3.8) is 0 Å². The van der Waals surface area contributed by atoms with Gasteiger partial charge in [-0.25, -0.2) is 4.79 Å². The van der Waals surface area contributed by atoms with Gasteiger partial charge in [0.2, 0.25) is 0 Å². The Hall–Kier alpha value is -2.59. The Balaban J connectivity index is 2.03. The van der Waals surface area contributed by atoms with E-state index in [-0.39, 0.29) is 12.4 Å². The fourth-order valence-corrected chi connectivity index (χ4v) is 1.95. The number of hydrogen-bond acceptors (Lipinski definition) is 4. The van der Waals surface area contributed by atoms with Crippen LogP contribution < -0.4 is 4.74 Å². The summed E-state index contributed by atoms with van der Waals surface area (Å²) in [5, 5.41) is 0.505. The molecular weight excluding hydrogens is 316 g/mol.